The quantitative estimate of drug-likeness (QED) is 0.837. The van der Waals surface area contributed by atoms with Crippen LogP contribution in [0.5, 0.6) is 0 Å². The summed E-state index contributed by atoms with van der Waals surface area (Å²) in [5.74, 6) is -0.856. The molecule has 2 unspecified atom stereocenters. The number of carbonyl (C=O) groups is 1. The maximum atomic E-state index is 11.2. The van der Waals surface area contributed by atoms with Crippen LogP contribution in [0.4, 0.5) is 0 Å². The first-order valence-electron chi connectivity index (χ1n) is 5.94. The molecule has 0 aliphatic rings. The zero-order chi connectivity index (χ0) is 13.8. The lowest BCUT2D eigenvalue weighted by molar-refractivity contribution is -0.144. The van der Waals surface area contributed by atoms with Crippen LogP contribution in [0.1, 0.15) is 44.4 Å². The van der Waals surface area contributed by atoms with Gasteiger partial charge in [-0.1, -0.05) is 19.1 Å². The smallest absolute Gasteiger partial charge is 0.323 e. The van der Waals surface area contributed by atoms with Gasteiger partial charge in [-0.15, -0.1) is 0 Å². The third kappa shape index (κ3) is 3.08. The van der Waals surface area contributed by atoms with Crippen LogP contribution >= 0.6 is 0 Å². The predicted octanol–water partition coefficient (Wildman–Crippen LogP) is 2.46. The number of hydrogen-bond acceptors (Lipinski definition) is 3. The molecule has 1 aromatic rings. The van der Waals surface area contributed by atoms with E-state index in [4.69, 9.17) is 5.26 Å². The molecule has 0 aliphatic carbocycles. The summed E-state index contributed by atoms with van der Waals surface area (Å²) in [5.41, 5.74) is 0.630. The lowest BCUT2D eigenvalue weighted by Gasteiger charge is -2.29. The van der Waals surface area contributed by atoms with Crippen LogP contribution in [-0.4, -0.2) is 16.6 Å². The molecule has 0 saturated carbocycles. The number of nitrogens with one attached hydrogen (secondary N) is 1. The van der Waals surface area contributed by atoms with Gasteiger partial charge in [0.05, 0.1) is 11.6 Å². The van der Waals surface area contributed by atoms with Gasteiger partial charge < -0.3 is 5.11 Å². The van der Waals surface area contributed by atoms with Crippen molar-refractivity contribution in [3.05, 3.63) is 35.4 Å². The molecule has 18 heavy (non-hydrogen) atoms. The van der Waals surface area contributed by atoms with Gasteiger partial charge >= 0.3 is 5.97 Å². The summed E-state index contributed by atoms with van der Waals surface area (Å²) in [6, 6.07) is 9.12. The molecule has 4 heteroatoms. The Kier molecular flexibility index (Phi) is 4.46. The third-order valence-electron chi connectivity index (χ3n) is 3.25. The molecule has 0 heterocycles. The molecule has 2 atom stereocenters. The fraction of sp³-hybridized carbons (Fsp3) is 0.429. The molecule has 0 fully saturated rings. The second kappa shape index (κ2) is 5.65. The highest BCUT2D eigenvalue weighted by atomic mass is 16.4. The van der Waals surface area contributed by atoms with E-state index < -0.39 is 11.5 Å². The number of carboxylic acid groups (broad SMARTS) is 1. The minimum Gasteiger partial charge on any atom is -0.480 e. The monoisotopic (exact) mass is 246 g/mol. The number of carboxylic acids is 1. The Morgan fingerprint density at radius 1 is 1.50 bits per heavy atom. The topological polar surface area (TPSA) is 73.1 Å². The van der Waals surface area contributed by atoms with Crippen molar-refractivity contribution in [2.24, 2.45) is 0 Å². The maximum absolute atomic E-state index is 11.2. The highest BCUT2D eigenvalue weighted by Gasteiger charge is 2.32. The number of hydrogen-bond donors (Lipinski definition) is 2. The summed E-state index contributed by atoms with van der Waals surface area (Å²) in [7, 11) is 0. The Balaban J connectivity index is 2.84. The van der Waals surface area contributed by atoms with Gasteiger partial charge in [-0.05, 0) is 38.0 Å². The Labute approximate surface area is 107 Å². The molecule has 0 aromatic heterocycles. The van der Waals surface area contributed by atoms with Crippen molar-refractivity contribution >= 4 is 5.97 Å². The van der Waals surface area contributed by atoms with Crippen molar-refractivity contribution in [1.82, 2.24) is 5.32 Å². The van der Waals surface area contributed by atoms with Gasteiger partial charge in [-0.2, -0.15) is 5.26 Å². The van der Waals surface area contributed by atoms with Crippen LogP contribution < -0.4 is 5.32 Å². The summed E-state index contributed by atoms with van der Waals surface area (Å²) >= 11 is 0. The Morgan fingerprint density at radius 2 is 2.06 bits per heavy atom. The van der Waals surface area contributed by atoms with Crippen LogP contribution in [0, 0.1) is 11.3 Å². The Morgan fingerprint density at radius 3 is 2.44 bits per heavy atom. The van der Waals surface area contributed by atoms with Crippen LogP contribution in [0.3, 0.4) is 0 Å². The van der Waals surface area contributed by atoms with E-state index in [9.17, 15) is 9.90 Å². The van der Waals surface area contributed by atoms with Crippen molar-refractivity contribution in [2.75, 3.05) is 0 Å². The lowest BCUT2D eigenvalue weighted by Crippen LogP contribution is -2.49. The highest BCUT2D eigenvalue weighted by Crippen LogP contribution is 2.19. The van der Waals surface area contributed by atoms with Crippen molar-refractivity contribution in [3.8, 4) is 6.07 Å². The SMILES string of the molecule is CCC(C)(NC(C)c1ccc(C#N)cc1)C(=O)O. The number of nitriles is 1. The van der Waals surface area contributed by atoms with Crippen molar-refractivity contribution in [3.63, 3.8) is 0 Å². The molecule has 0 radical (unpaired) electrons. The molecule has 0 bridgehead atoms. The van der Waals surface area contributed by atoms with E-state index in [1.807, 2.05) is 26.0 Å². The molecular formula is C14H18N2O2. The zero-order valence-electron chi connectivity index (χ0n) is 10.9. The number of benzene rings is 1. The minimum absolute atomic E-state index is 0.0845. The van der Waals surface area contributed by atoms with E-state index in [2.05, 4.69) is 11.4 Å². The van der Waals surface area contributed by atoms with Crippen molar-refractivity contribution in [1.29, 1.82) is 5.26 Å². The predicted molar refractivity (Wildman–Crippen MR) is 69.0 cm³/mol. The first-order valence-corrected chi connectivity index (χ1v) is 5.94. The summed E-state index contributed by atoms with van der Waals surface area (Å²) in [4.78, 5) is 11.2. The summed E-state index contributed by atoms with van der Waals surface area (Å²) in [6.45, 7) is 5.43. The van der Waals surface area contributed by atoms with Gasteiger partial charge in [0.1, 0.15) is 5.54 Å². The maximum Gasteiger partial charge on any atom is 0.323 e. The molecule has 0 saturated heterocycles. The molecule has 0 spiro atoms. The van der Waals surface area contributed by atoms with E-state index in [-0.39, 0.29) is 6.04 Å². The van der Waals surface area contributed by atoms with Crippen LogP contribution in [0.15, 0.2) is 24.3 Å². The van der Waals surface area contributed by atoms with Gasteiger partial charge in [0.15, 0.2) is 0 Å². The highest BCUT2D eigenvalue weighted by molar-refractivity contribution is 5.78. The minimum atomic E-state index is -0.937. The van der Waals surface area contributed by atoms with E-state index in [1.165, 1.54) is 0 Å². The summed E-state index contributed by atoms with van der Waals surface area (Å²) < 4.78 is 0. The van der Waals surface area contributed by atoms with E-state index in [0.29, 0.717) is 12.0 Å². The molecule has 2 N–H and O–H groups in total. The number of nitrogens with zero attached hydrogens (tertiary/aromatic N) is 1. The van der Waals surface area contributed by atoms with Crippen molar-refractivity contribution in [2.45, 2.75) is 38.8 Å². The molecule has 4 nitrogen and oxygen atoms in total. The van der Waals surface area contributed by atoms with Crippen LogP contribution in [-0.2, 0) is 4.79 Å². The second-order valence-electron chi connectivity index (χ2n) is 4.59. The molecule has 1 rings (SSSR count). The average Bonchev–Trinajstić information content (AvgIpc) is 2.38. The molecule has 0 amide bonds. The second-order valence-corrected chi connectivity index (χ2v) is 4.59. The Hall–Kier alpha value is -1.86. The lowest BCUT2D eigenvalue weighted by atomic mass is 9.96. The van der Waals surface area contributed by atoms with Crippen molar-refractivity contribution < 1.29 is 9.90 Å². The van der Waals surface area contributed by atoms with Crippen LogP contribution in [0.2, 0.25) is 0 Å². The fourth-order valence-corrected chi connectivity index (χ4v) is 1.72. The Bertz CT molecular complexity index is 462. The first-order chi connectivity index (χ1) is 8.42. The molecule has 1 aromatic carbocycles. The third-order valence-corrected chi connectivity index (χ3v) is 3.25. The normalized spacial score (nSPS) is 15.4. The molecular weight excluding hydrogens is 228 g/mol. The zero-order valence-corrected chi connectivity index (χ0v) is 10.9. The van der Waals surface area contributed by atoms with Gasteiger partial charge in [0.25, 0.3) is 0 Å². The van der Waals surface area contributed by atoms with Gasteiger partial charge in [-0.25, -0.2) is 0 Å². The molecule has 96 valence electrons. The van der Waals surface area contributed by atoms with E-state index in [1.54, 1.807) is 19.1 Å². The fourth-order valence-electron chi connectivity index (χ4n) is 1.72. The average molecular weight is 246 g/mol. The number of rotatable bonds is 5. The summed E-state index contributed by atoms with van der Waals surface area (Å²) in [6.07, 6.45) is 0.503. The number of aliphatic carboxylic acids is 1. The van der Waals surface area contributed by atoms with E-state index >= 15 is 0 Å². The van der Waals surface area contributed by atoms with Gasteiger partial charge in [-0.3, -0.25) is 10.1 Å². The van der Waals surface area contributed by atoms with Gasteiger partial charge in [0.2, 0.25) is 0 Å². The largest absolute Gasteiger partial charge is 0.480 e. The van der Waals surface area contributed by atoms with Crippen LogP contribution in [0.25, 0.3) is 0 Å². The van der Waals surface area contributed by atoms with E-state index in [0.717, 1.165) is 5.56 Å². The summed E-state index contributed by atoms with van der Waals surface area (Å²) in [5, 5.41) is 21.0. The standard InChI is InChI=1S/C14H18N2O2/c1-4-14(3,13(17)18)16-10(2)12-7-5-11(9-15)6-8-12/h5-8,10,16H,4H2,1-3H3,(H,17,18). The first kappa shape index (κ1) is 14.2. The molecule has 0 aliphatic heterocycles. The van der Waals surface area contributed by atoms with Gasteiger partial charge in [0, 0.05) is 6.04 Å².